The van der Waals surface area contributed by atoms with Gasteiger partial charge in [0.25, 0.3) is 5.69 Å². The highest BCUT2D eigenvalue weighted by Gasteiger charge is 2.32. The molecule has 0 unspecified atom stereocenters. The lowest BCUT2D eigenvalue weighted by Crippen LogP contribution is -2.27. The maximum atomic E-state index is 12.4. The first kappa shape index (κ1) is 17.5. The second-order valence-electron chi connectivity index (χ2n) is 4.71. The Balaban J connectivity index is 3.11. The van der Waals surface area contributed by atoms with Gasteiger partial charge in [0.1, 0.15) is 4.90 Å². The molecule has 0 radical (unpaired) electrons. The van der Waals surface area contributed by atoms with E-state index in [2.05, 4.69) is 0 Å². The van der Waals surface area contributed by atoms with Gasteiger partial charge < -0.3 is 10.2 Å². The van der Waals surface area contributed by atoms with Crippen LogP contribution in [0.1, 0.15) is 26.2 Å². The van der Waals surface area contributed by atoms with Crippen molar-refractivity contribution in [3.63, 3.8) is 0 Å². The molecule has 0 fully saturated rings. The number of nitro benzene ring substituents is 1. The molecule has 0 saturated carbocycles. The van der Waals surface area contributed by atoms with Crippen molar-refractivity contribution in [1.29, 1.82) is 0 Å². The summed E-state index contributed by atoms with van der Waals surface area (Å²) in [5.41, 5.74) is -0.507. The third-order valence-electron chi connectivity index (χ3n) is 3.30. The smallest absolute Gasteiger partial charge is 0.287 e. The summed E-state index contributed by atoms with van der Waals surface area (Å²) < 4.78 is 24.9. The maximum Gasteiger partial charge on any atom is 0.287 e. The fraction of sp³-hybridized carbons (Fsp3) is 0.538. The van der Waals surface area contributed by atoms with E-state index in [-0.39, 0.29) is 12.8 Å². The fourth-order valence-electron chi connectivity index (χ4n) is 1.96. The van der Waals surface area contributed by atoms with E-state index in [0.29, 0.717) is 6.42 Å². The second kappa shape index (κ2) is 7.48. The molecule has 0 aliphatic rings. The number of hydrogen-bond acceptors (Lipinski definition) is 6. The predicted octanol–water partition coefficient (Wildman–Crippen LogP) is 1.28. The van der Waals surface area contributed by atoms with Crippen molar-refractivity contribution in [2.45, 2.75) is 42.4 Å². The van der Waals surface area contributed by atoms with Crippen molar-refractivity contribution >= 4 is 15.5 Å². The number of aliphatic hydroxyl groups excluding tert-OH is 2. The molecule has 0 aromatic heterocycles. The molecule has 0 amide bonds. The van der Waals surface area contributed by atoms with Gasteiger partial charge in [0.2, 0.25) is 0 Å². The molecule has 8 heteroatoms. The summed E-state index contributed by atoms with van der Waals surface area (Å²) in [6.45, 7) is 1.11. The third kappa shape index (κ3) is 4.23. The number of sulfone groups is 1. The number of hydrogen-bond donors (Lipinski definition) is 2. The molecule has 0 spiro atoms. The molecule has 0 heterocycles. The van der Waals surface area contributed by atoms with Crippen molar-refractivity contribution in [2.24, 2.45) is 0 Å². The number of aliphatic hydroxyl groups is 2. The highest BCUT2D eigenvalue weighted by Crippen LogP contribution is 2.28. The maximum absolute atomic E-state index is 12.4. The van der Waals surface area contributed by atoms with E-state index in [1.807, 2.05) is 0 Å². The summed E-state index contributed by atoms with van der Waals surface area (Å²) in [6, 6.07) is 5.05. The van der Waals surface area contributed by atoms with Gasteiger partial charge >= 0.3 is 0 Å². The number of rotatable bonds is 8. The minimum Gasteiger partial charge on any atom is -0.395 e. The quantitative estimate of drug-likeness (QED) is 0.551. The Morgan fingerprint density at radius 1 is 1.29 bits per heavy atom. The molecule has 1 aromatic rings. The van der Waals surface area contributed by atoms with E-state index in [1.54, 1.807) is 6.92 Å². The van der Waals surface area contributed by atoms with Gasteiger partial charge in [0.15, 0.2) is 9.84 Å². The third-order valence-corrected chi connectivity index (χ3v) is 5.52. The van der Waals surface area contributed by atoms with E-state index in [0.717, 1.165) is 12.1 Å². The molecule has 0 bridgehead atoms. The Bertz CT molecular complexity index is 586. The Kier molecular flexibility index (Phi) is 6.25. The van der Waals surface area contributed by atoms with Crippen LogP contribution in [0.2, 0.25) is 0 Å². The van der Waals surface area contributed by atoms with Gasteiger partial charge in [0, 0.05) is 6.07 Å². The van der Waals surface area contributed by atoms with E-state index >= 15 is 0 Å². The van der Waals surface area contributed by atoms with Crippen molar-refractivity contribution in [1.82, 2.24) is 0 Å². The van der Waals surface area contributed by atoms with Gasteiger partial charge in [-0.15, -0.1) is 0 Å². The van der Waals surface area contributed by atoms with Crippen LogP contribution >= 0.6 is 0 Å². The van der Waals surface area contributed by atoms with Gasteiger partial charge in [-0.1, -0.05) is 19.1 Å². The average molecular weight is 317 g/mol. The summed E-state index contributed by atoms with van der Waals surface area (Å²) in [4.78, 5) is 9.77. The van der Waals surface area contributed by atoms with Crippen LogP contribution in [0.4, 0.5) is 5.69 Å². The molecular formula is C13H19NO6S. The van der Waals surface area contributed by atoms with Crippen LogP contribution in [-0.2, 0) is 9.84 Å². The average Bonchev–Trinajstić information content (AvgIpc) is 2.47. The molecule has 0 aliphatic heterocycles. The molecule has 2 atom stereocenters. The second-order valence-corrected chi connectivity index (χ2v) is 6.91. The van der Waals surface area contributed by atoms with Gasteiger partial charge in [-0.2, -0.15) is 0 Å². The molecule has 21 heavy (non-hydrogen) atoms. The Labute approximate surface area is 123 Å². The summed E-state index contributed by atoms with van der Waals surface area (Å²) in [7, 11) is -4.03. The lowest BCUT2D eigenvalue weighted by Gasteiger charge is -2.16. The van der Waals surface area contributed by atoms with Crippen molar-refractivity contribution in [2.75, 3.05) is 6.61 Å². The fourth-order valence-corrected chi connectivity index (χ4v) is 3.66. The number of nitro groups is 1. The largest absolute Gasteiger partial charge is 0.395 e. The Hall–Kier alpha value is -1.51. The lowest BCUT2D eigenvalue weighted by molar-refractivity contribution is -0.387. The van der Waals surface area contributed by atoms with E-state index in [1.165, 1.54) is 12.1 Å². The van der Waals surface area contributed by atoms with Gasteiger partial charge in [0.05, 0.1) is 22.9 Å². The highest BCUT2D eigenvalue weighted by atomic mass is 32.2. The lowest BCUT2D eigenvalue weighted by atomic mass is 10.1. The summed E-state index contributed by atoms with van der Waals surface area (Å²) in [5.74, 6) is 0. The molecule has 2 N–H and O–H groups in total. The van der Waals surface area contributed by atoms with Crippen molar-refractivity contribution in [3.8, 4) is 0 Å². The van der Waals surface area contributed by atoms with Crippen LogP contribution in [0.25, 0.3) is 0 Å². The highest BCUT2D eigenvalue weighted by molar-refractivity contribution is 7.92. The first-order chi connectivity index (χ1) is 9.84. The minimum absolute atomic E-state index is 0.0416. The Morgan fingerprint density at radius 2 is 1.90 bits per heavy atom. The summed E-state index contributed by atoms with van der Waals surface area (Å²) in [6.07, 6.45) is 0.0746. The van der Waals surface area contributed by atoms with Crippen LogP contribution in [0.15, 0.2) is 29.2 Å². The first-order valence-corrected chi connectivity index (χ1v) is 8.15. The normalized spacial score (nSPS) is 14.6. The van der Waals surface area contributed by atoms with Gasteiger partial charge in [-0.05, 0) is 25.3 Å². The van der Waals surface area contributed by atoms with Crippen LogP contribution in [0, 0.1) is 10.1 Å². The van der Waals surface area contributed by atoms with Crippen LogP contribution in [-0.4, -0.2) is 41.5 Å². The van der Waals surface area contributed by atoms with Crippen molar-refractivity contribution in [3.05, 3.63) is 34.4 Å². The molecule has 0 aliphatic carbocycles. The monoisotopic (exact) mass is 317 g/mol. The zero-order valence-corrected chi connectivity index (χ0v) is 12.5. The van der Waals surface area contributed by atoms with E-state index in [9.17, 15) is 28.7 Å². The molecule has 118 valence electrons. The molecule has 0 saturated heterocycles. The van der Waals surface area contributed by atoms with E-state index in [4.69, 9.17) is 0 Å². The molecular weight excluding hydrogens is 298 g/mol. The van der Waals surface area contributed by atoms with Crippen LogP contribution in [0.3, 0.4) is 0 Å². The number of para-hydroxylation sites is 1. The number of nitrogens with zero attached hydrogens (tertiary/aromatic N) is 1. The summed E-state index contributed by atoms with van der Waals surface area (Å²) in [5, 5.41) is 28.6. The molecule has 1 aromatic carbocycles. The Morgan fingerprint density at radius 3 is 2.43 bits per heavy atom. The minimum atomic E-state index is -4.03. The molecule has 7 nitrogen and oxygen atoms in total. The topological polar surface area (TPSA) is 118 Å². The molecule has 1 rings (SSSR count). The van der Waals surface area contributed by atoms with Gasteiger partial charge in [-0.3, -0.25) is 10.1 Å². The van der Waals surface area contributed by atoms with Crippen LogP contribution in [0.5, 0.6) is 0 Å². The predicted molar refractivity (Wildman–Crippen MR) is 76.7 cm³/mol. The zero-order valence-electron chi connectivity index (χ0n) is 11.7. The standard InChI is InChI=1S/C13H19NO6S/c1-2-10(16)7-8-11(9-15)21(19,20)13-6-4-3-5-12(13)14(17)18/h3-6,10-11,15-16H,2,7-9H2,1H3/t10-,11-/m1/s1. The van der Waals surface area contributed by atoms with Crippen molar-refractivity contribution < 1.29 is 23.6 Å². The van der Waals surface area contributed by atoms with Gasteiger partial charge in [-0.25, -0.2) is 8.42 Å². The van der Waals surface area contributed by atoms with E-state index < -0.39 is 43.3 Å². The zero-order chi connectivity index (χ0) is 16.0. The number of benzene rings is 1. The first-order valence-electron chi connectivity index (χ1n) is 6.60. The summed E-state index contributed by atoms with van der Waals surface area (Å²) >= 11 is 0. The van der Waals surface area contributed by atoms with Crippen LogP contribution < -0.4 is 0 Å². The SMILES string of the molecule is CC[C@@H](O)CC[C@H](CO)S(=O)(=O)c1ccccc1[N+](=O)[O-].